The number of carbonyl (C=O) groups excluding carboxylic acids is 1. The van der Waals surface area contributed by atoms with Gasteiger partial charge in [0.05, 0.1) is 13.5 Å². The van der Waals surface area contributed by atoms with Crippen molar-refractivity contribution in [2.45, 2.75) is 18.6 Å². The number of methoxy groups -OCH3 is 1. The van der Waals surface area contributed by atoms with Crippen molar-refractivity contribution in [1.82, 2.24) is 4.72 Å². The maximum atomic E-state index is 11.3. The Balaban J connectivity index is 4.30. The van der Waals surface area contributed by atoms with E-state index in [9.17, 15) is 18.0 Å². The second-order valence-corrected chi connectivity index (χ2v) is 4.83. The molecule has 0 amide bonds. The highest BCUT2D eigenvalue weighted by Crippen LogP contribution is 2.00. The van der Waals surface area contributed by atoms with E-state index < -0.39 is 27.2 Å². The third-order valence-electron chi connectivity index (χ3n) is 1.64. The molecule has 0 bridgehead atoms. The second kappa shape index (κ2) is 5.66. The van der Waals surface area contributed by atoms with E-state index in [0.29, 0.717) is 0 Å². The maximum Gasteiger partial charge on any atom is 0.325 e. The predicted octanol–water partition coefficient (Wildman–Crippen LogP) is -1.06. The largest absolute Gasteiger partial charge is 0.481 e. The van der Waals surface area contributed by atoms with Gasteiger partial charge in [0.15, 0.2) is 5.25 Å². The van der Waals surface area contributed by atoms with Crippen LogP contribution in [-0.2, 0) is 24.3 Å². The minimum absolute atomic E-state index is 0.251. The van der Waals surface area contributed by atoms with E-state index in [4.69, 9.17) is 5.11 Å². The third kappa shape index (κ3) is 4.75. The van der Waals surface area contributed by atoms with Gasteiger partial charge in [0.2, 0.25) is 10.0 Å². The monoisotopic (exact) mass is 239 g/mol. The number of rotatable bonds is 6. The van der Waals surface area contributed by atoms with Gasteiger partial charge in [-0.2, -0.15) is 0 Å². The lowest BCUT2D eigenvalue weighted by atomic mass is 10.5. The maximum absolute atomic E-state index is 11.3. The molecule has 0 radical (unpaired) electrons. The van der Waals surface area contributed by atoms with Gasteiger partial charge in [0.25, 0.3) is 0 Å². The molecule has 0 aliphatic rings. The zero-order chi connectivity index (χ0) is 12.1. The molecular formula is C7H13NO6S. The number of carbonyl (C=O) groups is 2. The Morgan fingerprint density at radius 2 is 2.00 bits per heavy atom. The van der Waals surface area contributed by atoms with Crippen molar-refractivity contribution >= 4 is 22.0 Å². The molecule has 0 aliphatic heterocycles. The van der Waals surface area contributed by atoms with E-state index in [-0.39, 0.29) is 13.0 Å². The molecule has 0 spiro atoms. The minimum Gasteiger partial charge on any atom is -0.481 e. The topological polar surface area (TPSA) is 110 Å². The number of hydrogen-bond donors (Lipinski definition) is 2. The molecule has 0 fully saturated rings. The molecule has 0 saturated heterocycles. The first-order chi connectivity index (χ1) is 6.81. The second-order valence-electron chi connectivity index (χ2n) is 2.75. The molecule has 0 aromatic carbocycles. The van der Waals surface area contributed by atoms with E-state index in [2.05, 4.69) is 4.74 Å². The number of aliphatic carboxylic acids is 1. The summed E-state index contributed by atoms with van der Waals surface area (Å²) in [6.07, 6.45) is -0.340. The smallest absolute Gasteiger partial charge is 0.325 e. The van der Waals surface area contributed by atoms with Gasteiger partial charge in [-0.05, 0) is 6.92 Å². The highest BCUT2D eigenvalue weighted by Gasteiger charge is 2.28. The van der Waals surface area contributed by atoms with Crippen molar-refractivity contribution in [2.75, 3.05) is 13.7 Å². The van der Waals surface area contributed by atoms with E-state index in [1.165, 1.54) is 0 Å². The first kappa shape index (κ1) is 13.8. The van der Waals surface area contributed by atoms with Crippen LogP contribution in [0.15, 0.2) is 0 Å². The Bertz CT molecular complexity index is 335. The lowest BCUT2D eigenvalue weighted by Crippen LogP contribution is -2.39. The lowest BCUT2D eigenvalue weighted by Gasteiger charge is -2.10. The Morgan fingerprint density at radius 1 is 1.47 bits per heavy atom. The van der Waals surface area contributed by atoms with Crippen molar-refractivity contribution < 1.29 is 27.9 Å². The molecule has 1 unspecified atom stereocenters. The standard InChI is InChI=1S/C7H13NO6S/c1-5(7(11)14-2)15(12,13)8-4-3-6(9)10/h5,8H,3-4H2,1-2H3,(H,9,10). The van der Waals surface area contributed by atoms with Crippen LogP contribution in [0.25, 0.3) is 0 Å². The number of esters is 1. The molecule has 7 nitrogen and oxygen atoms in total. The molecule has 0 aromatic rings. The van der Waals surface area contributed by atoms with Gasteiger partial charge in [-0.1, -0.05) is 0 Å². The molecule has 0 saturated carbocycles. The molecule has 0 rings (SSSR count). The molecular weight excluding hydrogens is 226 g/mol. The van der Waals surface area contributed by atoms with Crippen molar-refractivity contribution in [2.24, 2.45) is 0 Å². The van der Waals surface area contributed by atoms with Gasteiger partial charge in [-0.3, -0.25) is 9.59 Å². The third-order valence-corrected chi connectivity index (χ3v) is 3.37. The molecule has 8 heteroatoms. The molecule has 1 atom stereocenters. The fourth-order valence-electron chi connectivity index (χ4n) is 0.718. The van der Waals surface area contributed by atoms with Crippen LogP contribution in [0.5, 0.6) is 0 Å². The van der Waals surface area contributed by atoms with Gasteiger partial charge in [0, 0.05) is 6.54 Å². The number of carboxylic acid groups (broad SMARTS) is 1. The highest BCUT2D eigenvalue weighted by atomic mass is 32.2. The number of sulfonamides is 1. The summed E-state index contributed by atoms with van der Waals surface area (Å²) in [5.74, 6) is -2.01. The Labute approximate surface area is 87.5 Å². The van der Waals surface area contributed by atoms with E-state index in [1.807, 2.05) is 4.72 Å². The van der Waals surface area contributed by atoms with E-state index in [1.54, 1.807) is 0 Å². The van der Waals surface area contributed by atoms with Crippen LogP contribution in [0.3, 0.4) is 0 Å². The molecule has 0 heterocycles. The number of carboxylic acids is 1. The summed E-state index contributed by atoms with van der Waals surface area (Å²) in [6.45, 7) is 0.911. The van der Waals surface area contributed by atoms with Crippen LogP contribution in [0.2, 0.25) is 0 Å². The predicted molar refractivity (Wildman–Crippen MR) is 50.7 cm³/mol. The fraction of sp³-hybridized carbons (Fsp3) is 0.714. The fourth-order valence-corrected chi connectivity index (χ4v) is 1.70. The Kier molecular flexibility index (Phi) is 5.23. The number of ether oxygens (including phenoxy) is 1. The van der Waals surface area contributed by atoms with Crippen molar-refractivity contribution in [3.8, 4) is 0 Å². The van der Waals surface area contributed by atoms with E-state index >= 15 is 0 Å². The zero-order valence-corrected chi connectivity index (χ0v) is 9.20. The molecule has 0 aromatic heterocycles. The van der Waals surface area contributed by atoms with Crippen LogP contribution in [-0.4, -0.2) is 44.4 Å². The minimum atomic E-state index is -3.86. The lowest BCUT2D eigenvalue weighted by molar-refractivity contribution is -0.139. The highest BCUT2D eigenvalue weighted by molar-refractivity contribution is 7.90. The van der Waals surface area contributed by atoms with Crippen molar-refractivity contribution in [3.63, 3.8) is 0 Å². The summed E-state index contributed by atoms with van der Waals surface area (Å²) in [6, 6.07) is 0. The Hall–Kier alpha value is -1.15. The van der Waals surface area contributed by atoms with E-state index in [0.717, 1.165) is 14.0 Å². The normalized spacial score (nSPS) is 13.2. The average molecular weight is 239 g/mol. The number of nitrogens with one attached hydrogen (secondary N) is 1. The molecule has 88 valence electrons. The van der Waals surface area contributed by atoms with Crippen LogP contribution < -0.4 is 4.72 Å². The molecule has 15 heavy (non-hydrogen) atoms. The first-order valence-electron chi connectivity index (χ1n) is 4.09. The van der Waals surface area contributed by atoms with Crippen LogP contribution in [0.1, 0.15) is 13.3 Å². The van der Waals surface area contributed by atoms with Gasteiger partial charge in [-0.15, -0.1) is 0 Å². The van der Waals surface area contributed by atoms with Crippen LogP contribution >= 0.6 is 0 Å². The Morgan fingerprint density at radius 3 is 2.40 bits per heavy atom. The van der Waals surface area contributed by atoms with Crippen molar-refractivity contribution in [3.05, 3.63) is 0 Å². The van der Waals surface area contributed by atoms with Crippen LogP contribution in [0, 0.1) is 0 Å². The van der Waals surface area contributed by atoms with Gasteiger partial charge >= 0.3 is 11.9 Å². The SMILES string of the molecule is COC(=O)C(C)S(=O)(=O)NCCC(=O)O. The summed E-state index contributed by atoms with van der Waals surface area (Å²) in [7, 11) is -2.78. The summed E-state index contributed by atoms with van der Waals surface area (Å²) < 4.78 is 28.9. The van der Waals surface area contributed by atoms with Crippen LogP contribution in [0.4, 0.5) is 0 Å². The van der Waals surface area contributed by atoms with Gasteiger partial charge in [-0.25, -0.2) is 13.1 Å². The molecule has 2 N–H and O–H groups in total. The zero-order valence-electron chi connectivity index (χ0n) is 8.39. The first-order valence-corrected chi connectivity index (χ1v) is 5.64. The van der Waals surface area contributed by atoms with Gasteiger partial charge < -0.3 is 9.84 Å². The summed E-state index contributed by atoms with van der Waals surface area (Å²) in [5.41, 5.74) is 0. The summed E-state index contributed by atoms with van der Waals surface area (Å²) in [5, 5.41) is 6.93. The summed E-state index contributed by atoms with van der Waals surface area (Å²) in [4.78, 5) is 21.0. The average Bonchev–Trinajstić information content (AvgIpc) is 2.14. The van der Waals surface area contributed by atoms with Gasteiger partial charge in [0.1, 0.15) is 0 Å². The quantitative estimate of drug-likeness (QED) is 0.572. The summed E-state index contributed by atoms with van der Waals surface area (Å²) >= 11 is 0. The van der Waals surface area contributed by atoms with Crippen molar-refractivity contribution in [1.29, 1.82) is 0 Å². The number of hydrogen-bond acceptors (Lipinski definition) is 5. The molecule has 0 aliphatic carbocycles.